The summed E-state index contributed by atoms with van der Waals surface area (Å²) in [5.41, 5.74) is 0.617. The van der Waals surface area contributed by atoms with Gasteiger partial charge >= 0.3 is 11.9 Å². The van der Waals surface area contributed by atoms with Crippen molar-refractivity contribution in [3.63, 3.8) is 0 Å². The number of hydrogen-bond acceptors (Lipinski definition) is 4. The van der Waals surface area contributed by atoms with Gasteiger partial charge in [0.15, 0.2) is 0 Å². The second kappa shape index (κ2) is 6.39. The van der Waals surface area contributed by atoms with Crippen LogP contribution < -0.4 is 0 Å². The van der Waals surface area contributed by atoms with Gasteiger partial charge in [-0.3, -0.25) is 9.59 Å². The fourth-order valence-electron chi connectivity index (χ4n) is 2.50. The number of carbonyl (C=O) groups excluding carboxylic acids is 2. The average molecular weight is 291 g/mol. The van der Waals surface area contributed by atoms with Crippen molar-refractivity contribution in [1.82, 2.24) is 4.90 Å². The molecule has 1 saturated heterocycles. The highest BCUT2D eigenvalue weighted by molar-refractivity contribution is 5.91. The van der Waals surface area contributed by atoms with Crippen molar-refractivity contribution in [1.29, 1.82) is 0 Å². The molecule has 0 radical (unpaired) electrons. The van der Waals surface area contributed by atoms with Gasteiger partial charge in [0.25, 0.3) is 0 Å². The maximum atomic E-state index is 12.2. The summed E-state index contributed by atoms with van der Waals surface area (Å²) in [6.07, 6.45) is 0.607. The molecule has 0 spiro atoms. The van der Waals surface area contributed by atoms with Gasteiger partial charge in [-0.1, -0.05) is 18.2 Å². The van der Waals surface area contributed by atoms with Crippen LogP contribution in [-0.2, 0) is 20.7 Å². The first-order valence-electron chi connectivity index (χ1n) is 6.69. The van der Waals surface area contributed by atoms with Crippen molar-refractivity contribution in [3.05, 3.63) is 35.4 Å². The molecular formula is C15H17NO5. The second-order valence-corrected chi connectivity index (χ2v) is 4.99. The number of esters is 1. The summed E-state index contributed by atoms with van der Waals surface area (Å²) in [5, 5.41) is 9.10. The number of hydrogen-bond donors (Lipinski definition) is 1. The lowest BCUT2D eigenvalue weighted by Crippen LogP contribution is -2.31. The van der Waals surface area contributed by atoms with Crippen LogP contribution in [0.3, 0.4) is 0 Å². The third kappa shape index (κ3) is 3.39. The largest absolute Gasteiger partial charge is 0.478 e. The summed E-state index contributed by atoms with van der Waals surface area (Å²) in [6.45, 7) is 0.828. The average Bonchev–Trinajstić information content (AvgIpc) is 2.96. The molecule has 6 heteroatoms. The number of methoxy groups -OCH3 is 1. The highest BCUT2D eigenvalue weighted by Gasteiger charge is 2.31. The van der Waals surface area contributed by atoms with Crippen LogP contribution in [0.2, 0.25) is 0 Å². The molecular weight excluding hydrogens is 274 g/mol. The minimum atomic E-state index is -1.05. The molecule has 1 aliphatic rings. The summed E-state index contributed by atoms with van der Waals surface area (Å²) in [7, 11) is 1.33. The third-order valence-electron chi connectivity index (χ3n) is 3.66. The van der Waals surface area contributed by atoms with Crippen LogP contribution in [-0.4, -0.2) is 48.1 Å². The van der Waals surface area contributed by atoms with Crippen molar-refractivity contribution in [2.24, 2.45) is 5.92 Å². The van der Waals surface area contributed by atoms with Gasteiger partial charge in [0.1, 0.15) is 0 Å². The number of carboxylic acids is 1. The monoisotopic (exact) mass is 291 g/mol. The molecule has 1 unspecified atom stereocenters. The molecule has 112 valence electrons. The van der Waals surface area contributed by atoms with Gasteiger partial charge < -0.3 is 14.7 Å². The number of rotatable bonds is 4. The van der Waals surface area contributed by atoms with Gasteiger partial charge in [-0.2, -0.15) is 0 Å². The number of ether oxygens (including phenoxy) is 1. The number of carboxylic acid groups (broad SMARTS) is 1. The van der Waals surface area contributed by atoms with E-state index in [2.05, 4.69) is 4.74 Å². The number of aromatic carboxylic acids is 1. The van der Waals surface area contributed by atoms with E-state index in [0.717, 1.165) is 0 Å². The molecule has 1 aliphatic heterocycles. The van der Waals surface area contributed by atoms with Crippen molar-refractivity contribution >= 4 is 17.8 Å². The Bertz CT molecular complexity index is 569. The van der Waals surface area contributed by atoms with E-state index in [4.69, 9.17) is 5.11 Å². The number of carbonyl (C=O) groups is 3. The SMILES string of the molecule is COC(=O)C1CCN(C(=O)Cc2ccccc2C(=O)O)C1. The summed E-state index contributed by atoms with van der Waals surface area (Å²) in [4.78, 5) is 36.4. The van der Waals surface area contributed by atoms with Gasteiger partial charge in [0, 0.05) is 13.1 Å². The summed E-state index contributed by atoms with van der Waals surface area (Å²) in [5.74, 6) is -1.81. The minimum absolute atomic E-state index is 0.0242. The molecule has 1 atom stereocenters. The first-order valence-corrected chi connectivity index (χ1v) is 6.69. The van der Waals surface area contributed by atoms with Crippen LogP contribution in [0.25, 0.3) is 0 Å². The van der Waals surface area contributed by atoms with Gasteiger partial charge in [-0.05, 0) is 18.1 Å². The maximum Gasteiger partial charge on any atom is 0.335 e. The lowest BCUT2D eigenvalue weighted by molar-refractivity contribution is -0.145. The van der Waals surface area contributed by atoms with E-state index in [1.807, 2.05) is 0 Å². The first kappa shape index (κ1) is 15.0. The highest BCUT2D eigenvalue weighted by atomic mass is 16.5. The van der Waals surface area contributed by atoms with Crippen LogP contribution in [0, 0.1) is 5.92 Å². The molecule has 6 nitrogen and oxygen atoms in total. The Morgan fingerprint density at radius 3 is 2.71 bits per heavy atom. The third-order valence-corrected chi connectivity index (χ3v) is 3.66. The molecule has 0 bridgehead atoms. The summed E-state index contributed by atoms with van der Waals surface area (Å²) >= 11 is 0. The Hall–Kier alpha value is -2.37. The van der Waals surface area contributed by atoms with Crippen LogP contribution >= 0.6 is 0 Å². The van der Waals surface area contributed by atoms with Crippen molar-refractivity contribution in [2.45, 2.75) is 12.8 Å². The smallest absolute Gasteiger partial charge is 0.335 e. The lowest BCUT2D eigenvalue weighted by atomic mass is 10.0. The van der Waals surface area contributed by atoms with Crippen LogP contribution in [0.1, 0.15) is 22.3 Å². The zero-order valence-corrected chi connectivity index (χ0v) is 11.7. The van der Waals surface area contributed by atoms with E-state index >= 15 is 0 Å². The van der Waals surface area contributed by atoms with Gasteiger partial charge in [0.2, 0.25) is 5.91 Å². The fraction of sp³-hybridized carbons (Fsp3) is 0.400. The number of amides is 1. The van der Waals surface area contributed by atoms with Crippen LogP contribution in [0.15, 0.2) is 24.3 Å². The van der Waals surface area contributed by atoms with Crippen LogP contribution in [0.4, 0.5) is 0 Å². The molecule has 1 fully saturated rings. The predicted octanol–water partition coefficient (Wildman–Crippen LogP) is 0.949. The Morgan fingerprint density at radius 2 is 2.05 bits per heavy atom. The fourth-order valence-corrected chi connectivity index (χ4v) is 2.50. The Labute approximate surface area is 122 Å². The normalized spacial score (nSPS) is 17.6. The standard InChI is InChI=1S/C15H17NO5/c1-21-15(20)11-6-7-16(9-11)13(17)8-10-4-2-3-5-12(10)14(18)19/h2-5,11H,6-9H2,1H3,(H,18,19). The van der Waals surface area contributed by atoms with E-state index in [1.165, 1.54) is 13.2 Å². The topological polar surface area (TPSA) is 83.9 Å². The van der Waals surface area contributed by atoms with Crippen molar-refractivity contribution in [2.75, 3.05) is 20.2 Å². The summed E-state index contributed by atoms with van der Waals surface area (Å²) < 4.78 is 4.68. The molecule has 1 heterocycles. The zero-order valence-electron chi connectivity index (χ0n) is 11.7. The van der Waals surface area contributed by atoms with E-state index < -0.39 is 5.97 Å². The van der Waals surface area contributed by atoms with Gasteiger partial charge in [0.05, 0.1) is 25.0 Å². The minimum Gasteiger partial charge on any atom is -0.478 e. The van der Waals surface area contributed by atoms with Gasteiger partial charge in [-0.15, -0.1) is 0 Å². The Balaban J connectivity index is 2.03. The Kier molecular flexibility index (Phi) is 4.57. The molecule has 0 aliphatic carbocycles. The lowest BCUT2D eigenvalue weighted by Gasteiger charge is -2.16. The zero-order chi connectivity index (χ0) is 15.4. The van der Waals surface area contributed by atoms with E-state index in [0.29, 0.717) is 25.1 Å². The van der Waals surface area contributed by atoms with Crippen molar-refractivity contribution in [3.8, 4) is 0 Å². The molecule has 1 aromatic rings. The maximum absolute atomic E-state index is 12.2. The molecule has 1 aromatic carbocycles. The van der Waals surface area contributed by atoms with Crippen molar-refractivity contribution < 1.29 is 24.2 Å². The molecule has 1 amide bonds. The Morgan fingerprint density at radius 1 is 1.33 bits per heavy atom. The van der Waals surface area contributed by atoms with E-state index in [1.54, 1.807) is 23.1 Å². The summed E-state index contributed by atoms with van der Waals surface area (Å²) in [6, 6.07) is 6.44. The predicted molar refractivity (Wildman–Crippen MR) is 73.8 cm³/mol. The number of nitrogens with zero attached hydrogens (tertiary/aromatic N) is 1. The second-order valence-electron chi connectivity index (χ2n) is 4.99. The molecule has 0 saturated carbocycles. The first-order chi connectivity index (χ1) is 10.0. The number of likely N-dealkylation sites (tertiary alicyclic amines) is 1. The van der Waals surface area contributed by atoms with E-state index in [-0.39, 0.29) is 29.8 Å². The molecule has 21 heavy (non-hydrogen) atoms. The number of benzene rings is 1. The molecule has 2 rings (SSSR count). The van der Waals surface area contributed by atoms with Gasteiger partial charge in [-0.25, -0.2) is 4.79 Å². The molecule has 0 aromatic heterocycles. The highest BCUT2D eigenvalue weighted by Crippen LogP contribution is 2.19. The quantitative estimate of drug-likeness (QED) is 0.835. The molecule has 1 N–H and O–H groups in total. The van der Waals surface area contributed by atoms with E-state index in [9.17, 15) is 14.4 Å². The van der Waals surface area contributed by atoms with Crippen LogP contribution in [0.5, 0.6) is 0 Å².